The number of amides is 1. The lowest BCUT2D eigenvalue weighted by atomic mass is 9.79. The molecule has 0 radical (unpaired) electrons. The first-order valence-corrected chi connectivity index (χ1v) is 11.2. The third-order valence-corrected chi connectivity index (χ3v) is 6.12. The number of carbonyl (C=O) groups is 1. The van der Waals surface area contributed by atoms with Crippen LogP contribution in [-0.4, -0.2) is 23.0 Å². The second-order valence-electron chi connectivity index (χ2n) is 10.5. The van der Waals surface area contributed by atoms with E-state index in [4.69, 9.17) is 4.42 Å². The molecule has 0 bridgehead atoms. The first-order chi connectivity index (χ1) is 14.9. The van der Waals surface area contributed by atoms with E-state index in [2.05, 4.69) is 38.3 Å². The number of carbonyl (C=O) groups excluding carboxylic acids is 1. The van der Waals surface area contributed by atoms with E-state index in [0.717, 1.165) is 29.5 Å². The zero-order valence-corrected chi connectivity index (χ0v) is 19.8. The minimum Gasteiger partial charge on any atom is -0.456 e. The highest BCUT2D eigenvalue weighted by Gasteiger charge is 2.38. The van der Waals surface area contributed by atoms with E-state index in [0.29, 0.717) is 22.3 Å². The van der Waals surface area contributed by atoms with Gasteiger partial charge in [0, 0.05) is 34.3 Å². The van der Waals surface area contributed by atoms with Gasteiger partial charge in [0.1, 0.15) is 11.3 Å². The normalized spacial score (nSPS) is 17.9. The van der Waals surface area contributed by atoms with Crippen LogP contribution in [0.3, 0.4) is 0 Å². The molecule has 5 nitrogen and oxygen atoms in total. The molecule has 1 fully saturated rings. The van der Waals surface area contributed by atoms with Crippen LogP contribution in [0.4, 0.5) is 0 Å². The monoisotopic (exact) mass is 432 g/mol. The fraction of sp³-hybridized carbons (Fsp3) is 0.407. The fourth-order valence-corrected chi connectivity index (χ4v) is 5.23. The van der Waals surface area contributed by atoms with Crippen molar-refractivity contribution in [1.82, 2.24) is 10.6 Å². The predicted octanol–water partition coefficient (Wildman–Crippen LogP) is 5.12. The number of fused-ring (bicyclic) bond motifs is 1. The predicted molar refractivity (Wildman–Crippen MR) is 129 cm³/mol. The van der Waals surface area contributed by atoms with Crippen molar-refractivity contribution in [2.45, 2.75) is 71.5 Å². The summed E-state index contributed by atoms with van der Waals surface area (Å²) in [4.78, 5) is 25.5. The van der Waals surface area contributed by atoms with Crippen molar-refractivity contribution in [2.24, 2.45) is 0 Å². The molecule has 0 saturated carbocycles. The van der Waals surface area contributed by atoms with Crippen LogP contribution < -0.4 is 16.1 Å². The van der Waals surface area contributed by atoms with Gasteiger partial charge < -0.3 is 15.1 Å². The summed E-state index contributed by atoms with van der Waals surface area (Å²) < 4.78 is 6.07. The molecule has 1 aliphatic rings. The van der Waals surface area contributed by atoms with Crippen LogP contribution in [0.2, 0.25) is 0 Å². The van der Waals surface area contributed by atoms with Crippen LogP contribution in [-0.2, 0) is 0 Å². The van der Waals surface area contributed by atoms with Crippen LogP contribution in [0.1, 0.15) is 62.0 Å². The molecular weight excluding hydrogens is 400 g/mol. The lowest BCUT2D eigenvalue weighted by molar-refractivity contribution is 0.0873. The van der Waals surface area contributed by atoms with Gasteiger partial charge in [-0.3, -0.25) is 9.59 Å². The van der Waals surface area contributed by atoms with Gasteiger partial charge in [-0.25, -0.2) is 0 Å². The molecule has 0 atom stereocenters. The Hall–Kier alpha value is -2.92. The van der Waals surface area contributed by atoms with Crippen molar-refractivity contribution in [2.75, 3.05) is 0 Å². The summed E-state index contributed by atoms with van der Waals surface area (Å²) >= 11 is 0. The Kier molecular flexibility index (Phi) is 5.49. The van der Waals surface area contributed by atoms with Gasteiger partial charge >= 0.3 is 0 Å². The smallest absolute Gasteiger partial charge is 0.251 e. The number of piperidine rings is 1. The number of aryl methyl sites for hydroxylation is 2. The quantitative estimate of drug-likeness (QED) is 0.603. The van der Waals surface area contributed by atoms with E-state index in [1.54, 1.807) is 12.1 Å². The maximum atomic E-state index is 12.9. The molecule has 168 valence electrons. The van der Waals surface area contributed by atoms with Gasteiger partial charge in [0.15, 0.2) is 5.43 Å². The molecule has 1 aromatic heterocycles. The van der Waals surface area contributed by atoms with Gasteiger partial charge in [0.05, 0.1) is 5.39 Å². The van der Waals surface area contributed by atoms with Gasteiger partial charge in [-0.2, -0.15) is 0 Å². The number of nitrogens with one attached hydrogen (secondary N) is 2. The van der Waals surface area contributed by atoms with Crippen molar-refractivity contribution >= 4 is 16.9 Å². The van der Waals surface area contributed by atoms with E-state index >= 15 is 0 Å². The highest BCUT2D eigenvalue weighted by atomic mass is 16.3. The van der Waals surface area contributed by atoms with E-state index in [9.17, 15) is 9.59 Å². The van der Waals surface area contributed by atoms with Crippen molar-refractivity contribution in [3.63, 3.8) is 0 Å². The zero-order chi connectivity index (χ0) is 23.3. The molecule has 2 N–H and O–H groups in total. The van der Waals surface area contributed by atoms with Crippen molar-refractivity contribution in [3.8, 4) is 11.3 Å². The molecule has 0 unspecified atom stereocenters. The Morgan fingerprint density at radius 3 is 2.25 bits per heavy atom. The summed E-state index contributed by atoms with van der Waals surface area (Å²) in [6, 6.07) is 12.7. The molecule has 32 heavy (non-hydrogen) atoms. The third kappa shape index (κ3) is 4.63. The zero-order valence-electron chi connectivity index (χ0n) is 19.8. The van der Waals surface area contributed by atoms with Crippen molar-refractivity contribution in [1.29, 1.82) is 0 Å². The minimum atomic E-state index is -0.0821. The number of benzene rings is 2. The first-order valence-electron chi connectivity index (χ1n) is 11.2. The molecule has 2 heterocycles. The fourth-order valence-electron chi connectivity index (χ4n) is 5.23. The summed E-state index contributed by atoms with van der Waals surface area (Å²) in [6.07, 6.45) is 1.75. The molecular formula is C27H32N2O3. The van der Waals surface area contributed by atoms with E-state index in [1.807, 2.05) is 38.1 Å². The molecule has 0 spiro atoms. The Morgan fingerprint density at radius 1 is 1.00 bits per heavy atom. The second kappa shape index (κ2) is 7.89. The van der Waals surface area contributed by atoms with Gasteiger partial charge in [0.25, 0.3) is 5.91 Å². The van der Waals surface area contributed by atoms with Crippen LogP contribution in [0.5, 0.6) is 0 Å². The van der Waals surface area contributed by atoms with Crippen LogP contribution in [0.25, 0.3) is 22.3 Å². The van der Waals surface area contributed by atoms with E-state index in [1.165, 1.54) is 6.07 Å². The molecule has 1 aliphatic heterocycles. The van der Waals surface area contributed by atoms with Gasteiger partial charge in [-0.15, -0.1) is 0 Å². The van der Waals surface area contributed by atoms with Gasteiger partial charge in [-0.1, -0.05) is 18.2 Å². The molecule has 4 rings (SSSR count). The lowest BCUT2D eigenvalue weighted by Gasteiger charge is -2.46. The third-order valence-electron chi connectivity index (χ3n) is 6.12. The summed E-state index contributed by atoms with van der Waals surface area (Å²) in [6.45, 7) is 12.6. The van der Waals surface area contributed by atoms with E-state index in [-0.39, 0.29) is 28.5 Å². The molecule has 0 aliphatic carbocycles. The molecule has 1 saturated heterocycles. The average Bonchev–Trinajstić information content (AvgIpc) is 2.66. The number of hydrogen-bond acceptors (Lipinski definition) is 4. The highest BCUT2D eigenvalue weighted by molar-refractivity contribution is 5.95. The largest absolute Gasteiger partial charge is 0.456 e. The average molecular weight is 433 g/mol. The van der Waals surface area contributed by atoms with Crippen LogP contribution in [0, 0.1) is 13.8 Å². The molecule has 1 amide bonds. The SMILES string of the molecule is Cc1cc(C)c2oc(-c3ccc(C(=O)NC4CC(C)(C)NC(C)(C)C4)cc3)cc(=O)c2c1. The number of hydrogen-bond donors (Lipinski definition) is 2. The van der Waals surface area contributed by atoms with Crippen molar-refractivity contribution in [3.05, 3.63) is 69.4 Å². The maximum Gasteiger partial charge on any atom is 0.251 e. The Labute approximate surface area is 189 Å². The van der Waals surface area contributed by atoms with Crippen molar-refractivity contribution < 1.29 is 9.21 Å². The van der Waals surface area contributed by atoms with Gasteiger partial charge in [0.2, 0.25) is 0 Å². The number of rotatable bonds is 3. The summed E-state index contributed by atoms with van der Waals surface area (Å²) in [5.74, 6) is 0.421. The van der Waals surface area contributed by atoms with Crippen LogP contribution >= 0.6 is 0 Å². The lowest BCUT2D eigenvalue weighted by Crippen LogP contribution is -2.62. The summed E-state index contributed by atoms with van der Waals surface area (Å²) in [7, 11) is 0. The second-order valence-corrected chi connectivity index (χ2v) is 10.5. The highest BCUT2D eigenvalue weighted by Crippen LogP contribution is 2.29. The van der Waals surface area contributed by atoms with E-state index < -0.39 is 0 Å². The molecule has 2 aromatic carbocycles. The Morgan fingerprint density at radius 2 is 1.62 bits per heavy atom. The first kappa shape index (κ1) is 22.3. The maximum absolute atomic E-state index is 12.9. The summed E-state index contributed by atoms with van der Waals surface area (Å²) in [5, 5.41) is 7.43. The Balaban J connectivity index is 1.56. The Bertz CT molecular complexity index is 1220. The van der Waals surface area contributed by atoms with Crippen LogP contribution in [0.15, 0.2) is 51.7 Å². The standard InChI is InChI=1S/C27H32N2O3/c1-16-11-17(2)24-21(12-16)22(30)13-23(32-24)18-7-9-19(10-8-18)25(31)28-20-14-26(3,4)29-27(5,6)15-20/h7-13,20,29H,14-15H2,1-6H3,(H,28,31). The topological polar surface area (TPSA) is 71.3 Å². The molecule has 5 heteroatoms. The molecule has 3 aromatic rings. The van der Waals surface area contributed by atoms with Gasteiger partial charge in [-0.05, 0) is 83.7 Å². The summed E-state index contributed by atoms with van der Waals surface area (Å²) in [5.41, 5.74) is 3.81. The minimum absolute atomic E-state index is 0.0339.